The second kappa shape index (κ2) is 7.84. The van der Waals surface area contributed by atoms with Crippen LogP contribution in [0, 0.1) is 0 Å². The predicted molar refractivity (Wildman–Crippen MR) is 72.7 cm³/mol. The molecule has 0 saturated carbocycles. The van der Waals surface area contributed by atoms with Crippen molar-refractivity contribution in [1.29, 1.82) is 0 Å². The lowest BCUT2D eigenvalue weighted by Crippen LogP contribution is -2.34. The fraction of sp³-hybridized carbons (Fsp3) is 0.500. The van der Waals surface area contributed by atoms with E-state index in [1.165, 1.54) is 0 Å². The summed E-state index contributed by atoms with van der Waals surface area (Å²) in [6.45, 7) is 3.76. The van der Waals surface area contributed by atoms with Crippen molar-refractivity contribution in [3.8, 4) is 0 Å². The normalized spacial score (nSPS) is 10.4. The van der Waals surface area contributed by atoms with Crippen molar-refractivity contribution in [2.45, 2.75) is 13.3 Å². The quantitative estimate of drug-likeness (QED) is 0.756. The van der Waals surface area contributed by atoms with Crippen molar-refractivity contribution in [3.05, 3.63) is 35.4 Å². The Morgan fingerprint density at radius 3 is 2.72 bits per heavy atom. The number of carbonyl (C=O) groups is 1. The minimum absolute atomic E-state index is 0.00162. The Bertz CT molecular complexity index is 380. The molecule has 0 saturated heterocycles. The predicted octanol–water partition coefficient (Wildman–Crippen LogP) is 0.903. The average molecular weight is 250 g/mol. The molecule has 100 valence electrons. The molecule has 1 aromatic carbocycles. The molecular formula is C14H22N2O2. The van der Waals surface area contributed by atoms with Gasteiger partial charge in [-0.05, 0) is 38.6 Å². The Kier molecular flexibility index (Phi) is 6.39. The van der Waals surface area contributed by atoms with Crippen LogP contribution in [0.4, 0.5) is 0 Å². The number of nitrogens with zero attached hydrogens (tertiary/aromatic N) is 1. The minimum Gasteiger partial charge on any atom is -0.395 e. The molecule has 1 aromatic rings. The Labute approximate surface area is 109 Å². The van der Waals surface area contributed by atoms with E-state index >= 15 is 0 Å². The summed E-state index contributed by atoms with van der Waals surface area (Å²) in [4.78, 5) is 14.0. The van der Waals surface area contributed by atoms with Crippen molar-refractivity contribution in [3.63, 3.8) is 0 Å². The van der Waals surface area contributed by atoms with Crippen LogP contribution in [0.1, 0.15) is 22.8 Å². The van der Waals surface area contributed by atoms with Gasteiger partial charge in [0.05, 0.1) is 6.61 Å². The maximum atomic E-state index is 12.3. The molecule has 0 aliphatic rings. The van der Waals surface area contributed by atoms with Crippen LogP contribution in [-0.4, -0.2) is 49.2 Å². The maximum Gasteiger partial charge on any atom is 0.254 e. The van der Waals surface area contributed by atoms with Gasteiger partial charge in [0.15, 0.2) is 0 Å². The number of rotatable bonds is 7. The second-order valence-corrected chi connectivity index (χ2v) is 4.12. The summed E-state index contributed by atoms with van der Waals surface area (Å²) in [7, 11) is 1.90. The zero-order valence-electron chi connectivity index (χ0n) is 11.1. The molecular weight excluding hydrogens is 228 g/mol. The van der Waals surface area contributed by atoms with Gasteiger partial charge in [-0.1, -0.05) is 18.2 Å². The first-order valence-electron chi connectivity index (χ1n) is 6.37. The first kappa shape index (κ1) is 14.7. The van der Waals surface area contributed by atoms with Crippen LogP contribution in [0.2, 0.25) is 0 Å². The number of aliphatic hydroxyl groups is 1. The lowest BCUT2D eigenvalue weighted by atomic mass is 10.0. The summed E-state index contributed by atoms with van der Waals surface area (Å²) in [6, 6.07) is 7.66. The minimum atomic E-state index is -0.00172. The molecule has 1 amide bonds. The van der Waals surface area contributed by atoms with E-state index in [-0.39, 0.29) is 12.5 Å². The highest BCUT2D eigenvalue weighted by atomic mass is 16.3. The van der Waals surface area contributed by atoms with E-state index in [1.807, 2.05) is 38.2 Å². The molecule has 0 heterocycles. The molecule has 4 nitrogen and oxygen atoms in total. The summed E-state index contributed by atoms with van der Waals surface area (Å²) in [5.74, 6) is -0.00162. The topological polar surface area (TPSA) is 52.6 Å². The number of amides is 1. The smallest absolute Gasteiger partial charge is 0.254 e. The Morgan fingerprint density at radius 2 is 2.11 bits per heavy atom. The number of aliphatic hydroxyl groups excluding tert-OH is 1. The van der Waals surface area contributed by atoms with Gasteiger partial charge in [-0.15, -0.1) is 0 Å². The first-order valence-corrected chi connectivity index (χ1v) is 6.37. The van der Waals surface area contributed by atoms with E-state index in [4.69, 9.17) is 5.11 Å². The molecule has 0 spiro atoms. The van der Waals surface area contributed by atoms with Crippen LogP contribution in [-0.2, 0) is 6.42 Å². The molecule has 1 rings (SSSR count). The Morgan fingerprint density at radius 1 is 1.39 bits per heavy atom. The van der Waals surface area contributed by atoms with Crippen molar-refractivity contribution in [1.82, 2.24) is 10.2 Å². The fourth-order valence-electron chi connectivity index (χ4n) is 1.90. The average Bonchev–Trinajstić information content (AvgIpc) is 2.42. The summed E-state index contributed by atoms with van der Waals surface area (Å²) in [6.07, 6.45) is 0.828. The van der Waals surface area contributed by atoms with Gasteiger partial charge in [0.25, 0.3) is 5.91 Å². The van der Waals surface area contributed by atoms with Crippen LogP contribution in [0.15, 0.2) is 24.3 Å². The van der Waals surface area contributed by atoms with Gasteiger partial charge >= 0.3 is 0 Å². The van der Waals surface area contributed by atoms with Gasteiger partial charge in [0.2, 0.25) is 0 Å². The lowest BCUT2D eigenvalue weighted by molar-refractivity contribution is 0.0731. The lowest BCUT2D eigenvalue weighted by Gasteiger charge is -2.21. The summed E-state index contributed by atoms with van der Waals surface area (Å²) >= 11 is 0. The second-order valence-electron chi connectivity index (χ2n) is 4.12. The number of hydrogen-bond donors (Lipinski definition) is 2. The fourth-order valence-corrected chi connectivity index (χ4v) is 1.90. The molecule has 0 aromatic heterocycles. The third kappa shape index (κ3) is 3.82. The highest BCUT2D eigenvalue weighted by molar-refractivity contribution is 5.95. The molecule has 0 fully saturated rings. The molecule has 0 bridgehead atoms. The van der Waals surface area contributed by atoms with Gasteiger partial charge in [-0.2, -0.15) is 0 Å². The van der Waals surface area contributed by atoms with Crippen LogP contribution >= 0.6 is 0 Å². The SMILES string of the molecule is CCN(CCO)C(=O)c1ccccc1CCNC. The van der Waals surface area contributed by atoms with E-state index in [0.29, 0.717) is 13.1 Å². The van der Waals surface area contributed by atoms with Crippen molar-refractivity contribution in [2.75, 3.05) is 33.3 Å². The Balaban J connectivity index is 2.89. The number of hydrogen-bond acceptors (Lipinski definition) is 3. The number of likely N-dealkylation sites (N-methyl/N-ethyl adjacent to an activating group) is 2. The largest absolute Gasteiger partial charge is 0.395 e. The molecule has 0 aliphatic heterocycles. The van der Waals surface area contributed by atoms with Gasteiger partial charge in [0.1, 0.15) is 0 Å². The summed E-state index contributed by atoms with van der Waals surface area (Å²) in [5.41, 5.74) is 1.79. The summed E-state index contributed by atoms with van der Waals surface area (Å²) < 4.78 is 0. The number of benzene rings is 1. The molecule has 4 heteroatoms. The molecule has 0 radical (unpaired) electrons. The van der Waals surface area contributed by atoms with Crippen molar-refractivity contribution in [2.24, 2.45) is 0 Å². The van der Waals surface area contributed by atoms with Gasteiger partial charge < -0.3 is 15.3 Å². The third-order valence-corrected chi connectivity index (χ3v) is 2.93. The highest BCUT2D eigenvalue weighted by Gasteiger charge is 2.16. The van der Waals surface area contributed by atoms with E-state index in [1.54, 1.807) is 4.90 Å². The zero-order chi connectivity index (χ0) is 13.4. The Hall–Kier alpha value is -1.39. The van der Waals surface area contributed by atoms with Gasteiger partial charge in [-0.25, -0.2) is 0 Å². The van der Waals surface area contributed by atoms with Crippen LogP contribution in [0.25, 0.3) is 0 Å². The number of carbonyl (C=O) groups excluding carboxylic acids is 1. The van der Waals surface area contributed by atoms with Gasteiger partial charge in [-0.3, -0.25) is 4.79 Å². The number of nitrogens with one attached hydrogen (secondary N) is 1. The van der Waals surface area contributed by atoms with Gasteiger partial charge in [0, 0.05) is 18.7 Å². The molecule has 18 heavy (non-hydrogen) atoms. The molecule has 2 N–H and O–H groups in total. The van der Waals surface area contributed by atoms with E-state index in [9.17, 15) is 4.79 Å². The van der Waals surface area contributed by atoms with Crippen LogP contribution in [0.3, 0.4) is 0 Å². The van der Waals surface area contributed by atoms with E-state index in [2.05, 4.69) is 5.32 Å². The van der Waals surface area contributed by atoms with Crippen molar-refractivity contribution < 1.29 is 9.90 Å². The molecule has 0 atom stereocenters. The summed E-state index contributed by atoms with van der Waals surface area (Å²) in [5, 5.41) is 12.1. The van der Waals surface area contributed by atoms with Crippen LogP contribution in [0.5, 0.6) is 0 Å². The standard InChI is InChI=1S/C14H22N2O2/c1-3-16(10-11-17)14(18)13-7-5-4-6-12(13)8-9-15-2/h4-7,15,17H,3,8-11H2,1-2H3. The van der Waals surface area contributed by atoms with E-state index in [0.717, 1.165) is 24.1 Å². The highest BCUT2D eigenvalue weighted by Crippen LogP contribution is 2.12. The zero-order valence-corrected chi connectivity index (χ0v) is 11.1. The van der Waals surface area contributed by atoms with Crippen molar-refractivity contribution >= 4 is 5.91 Å². The maximum absolute atomic E-state index is 12.3. The molecule has 0 aliphatic carbocycles. The monoisotopic (exact) mass is 250 g/mol. The van der Waals surface area contributed by atoms with E-state index < -0.39 is 0 Å². The third-order valence-electron chi connectivity index (χ3n) is 2.93. The molecule has 0 unspecified atom stereocenters. The van der Waals surface area contributed by atoms with Crippen LogP contribution < -0.4 is 5.32 Å². The first-order chi connectivity index (χ1) is 8.74.